The molecule has 1 unspecified atom stereocenters. The van der Waals surface area contributed by atoms with Gasteiger partial charge in [0.25, 0.3) is 0 Å². The number of methoxy groups -OCH3 is 1. The molecule has 2 aromatic rings. The van der Waals surface area contributed by atoms with Crippen molar-refractivity contribution >= 4 is 17.6 Å². The first-order chi connectivity index (χ1) is 15.5. The summed E-state index contributed by atoms with van der Waals surface area (Å²) in [6.45, 7) is 3.64. The first-order valence-electron chi connectivity index (χ1n) is 11.5. The zero-order chi connectivity index (χ0) is 22.5. The molecule has 6 nitrogen and oxygen atoms in total. The summed E-state index contributed by atoms with van der Waals surface area (Å²) in [5, 5.41) is 0. The summed E-state index contributed by atoms with van der Waals surface area (Å²) in [4.78, 5) is 31.7. The molecule has 0 radical (unpaired) electrons. The second kappa shape index (κ2) is 10.2. The predicted octanol–water partition coefficient (Wildman–Crippen LogP) is 3.24. The number of nitrogens with zero attached hydrogens (tertiary/aromatic N) is 3. The van der Waals surface area contributed by atoms with Crippen molar-refractivity contribution < 1.29 is 14.3 Å². The third-order valence-electron chi connectivity index (χ3n) is 6.56. The van der Waals surface area contributed by atoms with Crippen LogP contribution in [-0.2, 0) is 33.8 Å². The first-order valence-corrected chi connectivity index (χ1v) is 11.5. The minimum Gasteiger partial charge on any atom is -0.467 e. The minimum absolute atomic E-state index is 0.0534. The third-order valence-corrected chi connectivity index (χ3v) is 6.56. The number of fused-ring (bicyclic) bond motifs is 1. The fourth-order valence-corrected chi connectivity index (χ4v) is 4.79. The van der Waals surface area contributed by atoms with Crippen LogP contribution in [0.15, 0.2) is 48.5 Å². The molecule has 6 heteroatoms. The van der Waals surface area contributed by atoms with Gasteiger partial charge in [0, 0.05) is 38.3 Å². The minimum atomic E-state index is -0.570. The second-order valence-electron chi connectivity index (χ2n) is 8.92. The number of piperidine rings is 1. The van der Waals surface area contributed by atoms with Gasteiger partial charge in [-0.3, -0.25) is 9.69 Å². The SMILES string of the molecule is COC(=O)C1Cc2ccccc2CN1C(=O)CN(C)Cc1ccc(N2CCCCC2)cc1. The molecular formula is C26H33N3O3. The van der Waals surface area contributed by atoms with Gasteiger partial charge in [-0.05, 0) is 55.1 Å². The van der Waals surface area contributed by atoms with Crippen molar-refractivity contribution in [2.75, 3.05) is 38.7 Å². The highest BCUT2D eigenvalue weighted by Gasteiger charge is 2.35. The molecule has 2 aliphatic rings. The average Bonchev–Trinajstić information content (AvgIpc) is 2.83. The lowest BCUT2D eigenvalue weighted by molar-refractivity contribution is -0.154. The molecule has 4 rings (SSSR count). The molecule has 32 heavy (non-hydrogen) atoms. The maximum absolute atomic E-state index is 13.2. The van der Waals surface area contributed by atoms with Gasteiger partial charge in [-0.2, -0.15) is 0 Å². The first kappa shape index (κ1) is 22.3. The predicted molar refractivity (Wildman–Crippen MR) is 125 cm³/mol. The van der Waals surface area contributed by atoms with Crippen molar-refractivity contribution in [3.63, 3.8) is 0 Å². The normalized spacial score (nSPS) is 18.4. The monoisotopic (exact) mass is 435 g/mol. The van der Waals surface area contributed by atoms with Crippen LogP contribution in [0.2, 0.25) is 0 Å². The summed E-state index contributed by atoms with van der Waals surface area (Å²) in [6, 6.07) is 16.1. The molecule has 0 aliphatic carbocycles. The molecule has 1 fully saturated rings. The highest BCUT2D eigenvalue weighted by molar-refractivity contribution is 5.86. The van der Waals surface area contributed by atoms with Crippen LogP contribution < -0.4 is 4.90 Å². The van der Waals surface area contributed by atoms with Gasteiger partial charge >= 0.3 is 5.97 Å². The highest BCUT2D eigenvalue weighted by atomic mass is 16.5. The zero-order valence-corrected chi connectivity index (χ0v) is 19.1. The van der Waals surface area contributed by atoms with Crippen molar-refractivity contribution in [1.82, 2.24) is 9.80 Å². The van der Waals surface area contributed by atoms with E-state index in [9.17, 15) is 9.59 Å². The molecule has 2 heterocycles. The molecule has 0 N–H and O–H groups in total. The van der Waals surface area contributed by atoms with E-state index in [2.05, 4.69) is 29.2 Å². The van der Waals surface area contributed by atoms with Crippen molar-refractivity contribution in [2.24, 2.45) is 0 Å². The maximum atomic E-state index is 13.2. The number of benzene rings is 2. The summed E-state index contributed by atoms with van der Waals surface area (Å²) in [5.41, 5.74) is 4.65. The van der Waals surface area contributed by atoms with E-state index < -0.39 is 6.04 Å². The van der Waals surface area contributed by atoms with Crippen LogP contribution in [0.25, 0.3) is 0 Å². The number of carbonyl (C=O) groups is 2. The Morgan fingerprint density at radius 1 is 1.00 bits per heavy atom. The van der Waals surface area contributed by atoms with Crippen LogP contribution in [0.4, 0.5) is 5.69 Å². The lowest BCUT2D eigenvalue weighted by Gasteiger charge is -2.36. The van der Waals surface area contributed by atoms with Gasteiger partial charge in [-0.15, -0.1) is 0 Å². The van der Waals surface area contributed by atoms with Crippen molar-refractivity contribution in [3.8, 4) is 0 Å². The van der Waals surface area contributed by atoms with Crippen LogP contribution in [-0.4, -0.2) is 61.5 Å². The Morgan fingerprint density at radius 2 is 1.69 bits per heavy atom. The summed E-state index contributed by atoms with van der Waals surface area (Å²) >= 11 is 0. The Labute approximate surface area is 190 Å². The summed E-state index contributed by atoms with van der Waals surface area (Å²) < 4.78 is 5.00. The van der Waals surface area contributed by atoms with Gasteiger partial charge in [-0.1, -0.05) is 36.4 Å². The Kier molecular flexibility index (Phi) is 7.10. The standard InChI is InChI=1S/C26H33N3O3/c1-27(17-20-10-12-23(13-11-20)28-14-6-3-7-15-28)19-25(30)29-18-22-9-5-4-8-21(22)16-24(29)26(31)32-2/h4-5,8-13,24H,3,6-7,14-19H2,1-2H3. The number of hydrogen-bond donors (Lipinski definition) is 0. The van der Waals surface area contributed by atoms with E-state index in [4.69, 9.17) is 4.74 Å². The molecule has 1 atom stereocenters. The Hall–Kier alpha value is -2.86. The van der Waals surface area contributed by atoms with Gasteiger partial charge in [0.2, 0.25) is 5.91 Å². The topological polar surface area (TPSA) is 53.1 Å². The molecule has 0 aromatic heterocycles. The molecular weight excluding hydrogens is 402 g/mol. The van der Waals surface area contributed by atoms with Gasteiger partial charge in [-0.25, -0.2) is 4.79 Å². The molecule has 170 valence electrons. The van der Waals surface area contributed by atoms with Gasteiger partial charge in [0.15, 0.2) is 0 Å². The van der Waals surface area contributed by atoms with Crippen LogP contribution in [0, 0.1) is 0 Å². The maximum Gasteiger partial charge on any atom is 0.328 e. The van der Waals surface area contributed by atoms with E-state index in [1.165, 1.54) is 37.6 Å². The second-order valence-corrected chi connectivity index (χ2v) is 8.92. The van der Waals surface area contributed by atoms with Gasteiger partial charge < -0.3 is 14.5 Å². The summed E-state index contributed by atoms with van der Waals surface area (Å²) in [5.74, 6) is -0.411. The zero-order valence-electron chi connectivity index (χ0n) is 19.1. The van der Waals surface area contributed by atoms with E-state index in [-0.39, 0.29) is 18.4 Å². The van der Waals surface area contributed by atoms with Gasteiger partial charge in [0.05, 0.1) is 13.7 Å². The molecule has 2 aliphatic heterocycles. The smallest absolute Gasteiger partial charge is 0.328 e. The Morgan fingerprint density at radius 3 is 2.38 bits per heavy atom. The van der Waals surface area contributed by atoms with Gasteiger partial charge in [0.1, 0.15) is 6.04 Å². The number of amides is 1. The summed E-state index contributed by atoms with van der Waals surface area (Å²) in [6.07, 6.45) is 4.35. The van der Waals surface area contributed by atoms with E-state index in [0.717, 1.165) is 24.2 Å². The number of likely N-dealkylation sites (N-methyl/N-ethyl adjacent to an activating group) is 1. The lowest BCUT2D eigenvalue weighted by atomic mass is 9.94. The van der Waals surface area contributed by atoms with Crippen LogP contribution in [0.5, 0.6) is 0 Å². The van der Waals surface area contributed by atoms with Crippen molar-refractivity contribution in [1.29, 1.82) is 0 Å². The number of ether oxygens (including phenoxy) is 1. The van der Waals surface area contributed by atoms with Crippen LogP contribution in [0.3, 0.4) is 0 Å². The lowest BCUT2D eigenvalue weighted by Crippen LogP contribution is -2.51. The number of rotatable bonds is 6. The Balaban J connectivity index is 1.38. The largest absolute Gasteiger partial charge is 0.467 e. The molecule has 1 saturated heterocycles. The van der Waals surface area contributed by atoms with E-state index in [1.807, 2.05) is 36.2 Å². The fourth-order valence-electron chi connectivity index (χ4n) is 4.79. The number of esters is 1. The summed E-state index contributed by atoms with van der Waals surface area (Å²) in [7, 11) is 3.33. The highest BCUT2D eigenvalue weighted by Crippen LogP contribution is 2.25. The molecule has 0 saturated carbocycles. The fraction of sp³-hybridized carbons (Fsp3) is 0.462. The third kappa shape index (κ3) is 5.13. The quantitative estimate of drug-likeness (QED) is 0.652. The number of anilines is 1. The Bertz CT molecular complexity index is 938. The molecule has 2 aromatic carbocycles. The number of hydrogen-bond acceptors (Lipinski definition) is 5. The van der Waals surface area contributed by atoms with E-state index in [1.54, 1.807) is 4.90 Å². The van der Waals surface area contributed by atoms with E-state index in [0.29, 0.717) is 19.5 Å². The van der Waals surface area contributed by atoms with E-state index >= 15 is 0 Å². The van der Waals surface area contributed by atoms with Crippen molar-refractivity contribution in [2.45, 2.75) is 44.8 Å². The number of carbonyl (C=O) groups excluding carboxylic acids is 2. The van der Waals surface area contributed by atoms with Crippen molar-refractivity contribution in [3.05, 3.63) is 65.2 Å². The molecule has 1 amide bonds. The average molecular weight is 436 g/mol. The molecule has 0 bridgehead atoms. The van der Waals surface area contributed by atoms with Crippen LogP contribution in [0.1, 0.15) is 36.0 Å². The van der Waals surface area contributed by atoms with Crippen LogP contribution >= 0.6 is 0 Å². The molecule has 0 spiro atoms.